The van der Waals surface area contributed by atoms with Gasteiger partial charge in [0, 0.05) is 12.0 Å². The third-order valence-electron chi connectivity index (χ3n) is 2.09. The van der Waals surface area contributed by atoms with Gasteiger partial charge in [0.15, 0.2) is 5.78 Å². The molecule has 0 bridgehead atoms. The molecule has 1 rings (SSSR count). The Balaban J connectivity index is 3.20. The van der Waals surface area contributed by atoms with Gasteiger partial charge in [-0.3, -0.25) is 4.79 Å². The van der Waals surface area contributed by atoms with Gasteiger partial charge in [-0.1, -0.05) is 30.7 Å². The van der Waals surface area contributed by atoms with Gasteiger partial charge >= 0.3 is 0 Å². The van der Waals surface area contributed by atoms with E-state index in [0.29, 0.717) is 0 Å². The summed E-state index contributed by atoms with van der Waals surface area (Å²) in [5.74, 6) is -2.06. The van der Waals surface area contributed by atoms with Crippen molar-refractivity contribution >= 4 is 17.4 Å². The molecule has 15 heavy (non-hydrogen) atoms. The molecule has 0 saturated carbocycles. The molecule has 0 spiro atoms. The molecule has 0 aliphatic heterocycles. The van der Waals surface area contributed by atoms with Gasteiger partial charge in [0.05, 0.1) is 11.1 Å². The highest BCUT2D eigenvalue weighted by Gasteiger charge is 2.22. The van der Waals surface area contributed by atoms with Crippen molar-refractivity contribution in [2.75, 3.05) is 0 Å². The zero-order chi connectivity index (χ0) is 11.4. The van der Waals surface area contributed by atoms with Crippen molar-refractivity contribution in [2.45, 2.75) is 19.3 Å². The number of carbonyl (C=O) groups excluding carboxylic acids is 1. The van der Waals surface area contributed by atoms with Gasteiger partial charge in [0.25, 0.3) is 0 Å². The van der Waals surface area contributed by atoms with Crippen LogP contribution in [0.3, 0.4) is 0 Å². The van der Waals surface area contributed by atoms with Crippen LogP contribution in [-0.2, 0) is 4.79 Å². The van der Waals surface area contributed by atoms with Crippen LogP contribution < -0.4 is 0 Å². The topological polar surface area (TPSA) is 40.9 Å². The zero-order valence-electron chi connectivity index (χ0n) is 8.13. The van der Waals surface area contributed by atoms with Crippen LogP contribution in [0.2, 0.25) is 5.02 Å². The monoisotopic (exact) mass is 225 g/mol. The highest BCUT2D eigenvalue weighted by Crippen LogP contribution is 2.25. The summed E-state index contributed by atoms with van der Waals surface area (Å²) in [6.07, 6.45) is 0.199. The molecule has 78 valence electrons. The van der Waals surface area contributed by atoms with E-state index in [0.717, 1.165) is 0 Å². The molecule has 2 nitrogen and oxygen atoms in total. The first-order chi connectivity index (χ1) is 7.11. The molecule has 0 amide bonds. The molecule has 1 aromatic carbocycles. The Bertz CT molecular complexity index is 425. The lowest BCUT2D eigenvalue weighted by atomic mass is 9.94. The molecule has 0 aliphatic rings. The standard InChI is InChI=1S/C11H9ClFNO/c1-2-10(15)8(6-14)7-4-3-5-9(12)11(7)13/h3-5,8H,2H2,1H3. The Labute approximate surface area is 92.3 Å². The minimum atomic E-state index is -1.06. The quantitative estimate of drug-likeness (QED) is 0.793. The molecule has 1 aromatic rings. The molecule has 0 aromatic heterocycles. The van der Waals surface area contributed by atoms with E-state index in [2.05, 4.69) is 0 Å². The second kappa shape index (κ2) is 4.90. The molecule has 0 radical (unpaired) electrons. The molecule has 0 N–H and O–H groups in total. The summed E-state index contributed by atoms with van der Waals surface area (Å²) in [7, 11) is 0. The van der Waals surface area contributed by atoms with Crippen LogP contribution in [0.25, 0.3) is 0 Å². The van der Waals surface area contributed by atoms with Crippen LogP contribution in [0, 0.1) is 17.1 Å². The third-order valence-corrected chi connectivity index (χ3v) is 2.38. The number of nitriles is 1. The summed E-state index contributed by atoms with van der Waals surface area (Å²) >= 11 is 5.57. The van der Waals surface area contributed by atoms with E-state index in [1.165, 1.54) is 18.2 Å². The van der Waals surface area contributed by atoms with Gasteiger partial charge in [-0.25, -0.2) is 4.39 Å². The molecular formula is C11H9ClFNO. The summed E-state index contributed by atoms with van der Waals surface area (Å²) in [5.41, 5.74) is 0.0526. The van der Waals surface area contributed by atoms with Crippen LogP contribution in [0.15, 0.2) is 18.2 Å². The Kier molecular flexibility index (Phi) is 3.81. The maximum Gasteiger partial charge on any atom is 0.154 e. The number of benzene rings is 1. The van der Waals surface area contributed by atoms with E-state index in [4.69, 9.17) is 16.9 Å². The fraction of sp³-hybridized carbons (Fsp3) is 0.273. The smallest absolute Gasteiger partial charge is 0.154 e. The van der Waals surface area contributed by atoms with Crippen molar-refractivity contribution in [1.82, 2.24) is 0 Å². The summed E-state index contributed by atoms with van der Waals surface area (Å²) in [6, 6.07) is 6.10. The van der Waals surface area contributed by atoms with Crippen molar-refractivity contribution in [3.8, 4) is 6.07 Å². The van der Waals surface area contributed by atoms with Gasteiger partial charge in [-0.15, -0.1) is 0 Å². The van der Waals surface area contributed by atoms with Gasteiger partial charge in [0.1, 0.15) is 11.7 Å². The fourth-order valence-corrected chi connectivity index (χ4v) is 1.44. The molecule has 1 atom stereocenters. The Morgan fingerprint density at radius 3 is 2.87 bits per heavy atom. The Hall–Kier alpha value is -1.40. The minimum absolute atomic E-state index is 0.0526. The predicted octanol–water partition coefficient (Wildman–Crippen LogP) is 3.07. The minimum Gasteiger partial charge on any atom is -0.298 e. The van der Waals surface area contributed by atoms with Crippen LogP contribution in [0.5, 0.6) is 0 Å². The molecule has 0 fully saturated rings. The molecule has 0 saturated heterocycles. The number of nitrogens with zero attached hydrogens (tertiary/aromatic N) is 1. The molecule has 0 heterocycles. The lowest BCUT2D eigenvalue weighted by molar-refractivity contribution is -0.119. The number of carbonyl (C=O) groups is 1. The lowest BCUT2D eigenvalue weighted by Gasteiger charge is -2.08. The third kappa shape index (κ3) is 2.34. The molecule has 0 aliphatic carbocycles. The van der Waals surface area contributed by atoms with Crippen LogP contribution in [0.1, 0.15) is 24.8 Å². The average Bonchev–Trinajstić information content (AvgIpc) is 2.24. The number of halogens is 2. The van der Waals surface area contributed by atoms with E-state index < -0.39 is 11.7 Å². The van der Waals surface area contributed by atoms with Crippen LogP contribution >= 0.6 is 11.6 Å². The maximum atomic E-state index is 13.5. The number of hydrogen-bond acceptors (Lipinski definition) is 2. The van der Waals surface area contributed by atoms with E-state index >= 15 is 0 Å². The molecule has 4 heteroatoms. The second-order valence-corrected chi connectivity index (χ2v) is 3.43. The maximum absolute atomic E-state index is 13.5. The first kappa shape index (κ1) is 11.7. The second-order valence-electron chi connectivity index (χ2n) is 3.03. The van der Waals surface area contributed by atoms with Crippen molar-refractivity contribution in [2.24, 2.45) is 0 Å². The molecular weight excluding hydrogens is 217 g/mol. The largest absolute Gasteiger partial charge is 0.298 e. The summed E-state index contributed by atoms with van der Waals surface area (Å²) in [6.45, 7) is 1.63. The number of ketones is 1. The van der Waals surface area contributed by atoms with E-state index in [1.54, 1.807) is 13.0 Å². The van der Waals surface area contributed by atoms with E-state index in [1.807, 2.05) is 0 Å². The van der Waals surface area contributed by atoms with E-state index in [9.17, 15) is 9.18 Å². The van der Waals surface area contributed by atoms with Gasteiger partial charge in [-0.2, -0.15) is 5.26 Å². The highest BCUT2D eigenvalue weighted by atomic mass is 35.5. The number of rotatable bonds is 3. The van der Waals surface area contributed by atoms with Crippen molar-refractivity contribution in [1.29, 1.82) is 5.26 Å². The Morgan fingerprint density at radius 1 is 1.67 bits per heavy atom. The summed E-state index contributed by atoms with van der Waals surface area (Å²) < 4.78 is 13.5. The average molecular weight is 226 g/mol. The van der Waals surface area contributed by atoms with Crippen molar-refractivity contribution in [3.05, 3.63) is 34.6 Å². The number of Topliss-reactive ketones (excluding diaryl/α,β-unsaturated/α-hetero) is 1. The van der Waals surface area contributed by atoms with Gasteiger partial charge < -0.3 is 0 Å². The SMILES string of the molecule is CCC(=O)C(C#N)c1cccc(Cl)c1F. The normalized spacial score (nSPS) is 11.9. The highest BCUT2D eigenvalue weighted by molar-refractivity contribution is 6.30. The van der Waals surface area contributed by atoms with E-state index in [-0.39, 0.29) is 22.8 Å². The van der Waals surface area contributed by atoms with Crippen molar-refractivity contribution < 1.29 is 9.18 Å². The zero-order valence-corrected chi connectivity index (χ0v) is 8.88. The Morgan fingerprint density at radius 2 is 2.33 bits per heavy atom. The summed E-state index contributed by atoms with van der Waals surface area (Å²) in [5, 5.41) is 8.74. The first-order valence-electron chi connectivity index (χ1n) is 4.48. The number of hydrogen-bond donors (Lipinski definition) is 0. The summed E-state index contributed by atoms with van der Waals surface area (Å²) in [4.78, 5) is 11.4. The van der Waals surface area contributed by atoms with Crippen LogP contribution in [0.4, 0.5) is 4.39 Å². The predicted molar refractivity (Wildman–Crippen MR) is 55.1 cm³/mol. The van der Waals surface area contributed by atoms with Crippen molar-refractivity contribution in [3.63, 3.8) is 0 Å². The first-order valence-corrected chi connectivity index (χ1v) is 4.85. The van der Waals surface area contributed by atoms with Crippen LogP contribution in [-0.4, -0.2) is 5.78 Å². The van der Waals surface area contributed by atoms with Gasteiger partial charge in [0.2, 0.25) is 0 Å². The fourth-order valence-electron chi connectivity index (χ4n) is 1.26. The van der Waals surface area contributed by atoms with Gasteiger partial charge in [-0.05, 0) is 6.07 Å². The molecule has 1 unspecified atom stereocenters. The lowest BCUT2D eigenvalue weighted by Crippen LogP contribution is -2.11.